The van der Waals surface area contributed by atoms with Crippen molar-refractivity contribution in [3.8, 4) is 0 Å². The molecule has 3 aliphatic heterocycles. The predicted molar refractivity (Wildman–Crippen MR) is 128 cm³/mol. The molecule has 35 heavy (non-hydrogen) atoms. The van der Waals surface area contributed by atoms with Crippen molar-refractivity contribution in [2.45, 2.75) is 76.4 Å². The van der Waals surface area contributed by atoms with Crippen molar-refractivity contribution in [3.05, 3.63) is 0 Å². The predicted octanol–water partition coefficient (Wildman–Crippen LogP) is 2.34. The summed E-state index contributed by atoms with van der Waals surface area (Å²) >= 11 is 0. The zero-order valence-corrected chi connectivity index (χ0v) is 20.7. The van der Waals surface area contributed by atoms with Crippen LogP contribution in [0.5, 0.6) is 0 Å². The van der Waals surface area contributed by atoms with E-state index in [9.17, 15) is 24.6 Å². The molecule has 4 aliphatic carbocycles. The summed E-state index contributed by atoms with van der Waals surface area (Å²) in [6.07, 6.45) is 8.07. The van der Waals surface area contributed by atoms with Crippen LogP contribution in [0.4, 0.5) is 9.59 Å². The fourth-order valence-corrected chi connectivity index (χ4v) is 8.76. The van der Waals surface area contributed by atoms with Crippen LogP contribution in [0.2, 0.25) is 0 Å². The van der Waals surface area contributed by atoms with E-state index in [0.29, 0.717) is 38.6 Å². The molecule has 4 amide bonds. The minimum Gasteiger partial charge on any atom is -0.465 e. The molecule has 9 heteroatoms. The average Bonchev–Trinajstić information content (AvgIpc) is 3.26. The average molecular weight is 489 g/mol. The standard InChI is InChI=1S/C26H40N4O5/c31-21-18-10-17-11-19(21)14-26(12-17,13-18)22(32)27-20-2-1-6-29(15-20)23(33)28-7-3-25(4-8-28)5-9-30(16-25)24(34)35/h17-21,31H,1-16H2,(H,27,32)(H,34,35)/t17?,18?,19?,20-,21?,26?/m0/s1. The first kappa shape index (κ1) is 23.4. The molecule has 4 saturated carbocycles. The van der Waals surface area contributed by atoms with Crippen molar-refractivity contribution in [1.82, 2.24) is 20.0 Å². The molecule has 1 spiro atoms. The van der Waals surface area contributed by atoms with Crippen molar-refractivity contribution in [2.75, 3.05) is 39.3 Å². The number of piperidine rings is 2. The van der Waals surface area contributed by atoms with Gasteiger partial charge in [0.15, 0.2) is 0 Å². The highest BCUT2D eigenvalue weighted by Crippen LogP contribution is 2.60. The van der Waals surface area contributed by atoms with Gasteiger partial charge in [-0.15, -0.1) is 0 Å². The molecule has 3 heterocycles. The van der Waals surface area contributed by atoms with Gasteiger partial charge in [0.05, 0.1) is 11.5 Å². The van der Waals surface area contributed by atoms with Crippen LogP contribution < -0.4 is 5.32 Å². The Morgan fingerprint density at radius 3 is 2.14 bits per heavy atom. The minimum atomic E-state index is -0.841. The summed E-state index contributed by atoms with van der Waals surface area (Å²) in [4.78, 5) is 43.5. The molecule has 0 aromatic heterocycles. The molecule has 0 aromatic rings. The number of rotatable bonds is 2. The number of hydrogen-bond acceptors (Lipinski definition) is 4. The zero-order chi connectivity index (χ0) is 24.4. The highest BCUT2D eigenvalue weighted by molar-refractivity contribution is 5.83. The van der Waals surface area contributed by atoms with Crippen LogP contribution in [0.1, 0.15) is 64.2 Å². The third kappa shape index (κ3) is 4.07. The van der Waals surface area contributed by atoms with Crippen LogP contribution >= 0.6 is 0 Å². The van der Waals surface area contributed by atoms with Gasteiger partial charge >= 0.3 is 12.1 Å². The van der Waals surface area contributed by atoms with Gasteiger partial charge in [0.25, 0.3) is 0 Å². The molecule has 3 N–H and O–H groups in total. The lowest BCUT2D eigenvalue weighted by Crippen LogP contribution is -2.61. The second-order valence-electron chi connectivity index (χ2n) is 12.7. The smallest absolute Gasteiger partial charge is 0.407 e. The number of aliphatic hydroxyl groups excluding tert-OH is 1. The third-order valence-electron chi connectivity index (χ3n) is 10.5. The van der Waals surface area contributed by atoms with Gasteiger partial charge in [-0.3, -0.25) is 4.79 Å². The van der Waals surface area contributed by atoms with E-state index >= 15 is 0 Å². The summed E-state index contributed by atoms with van der Waals surface area (Å²) in [6.45, 7) is 3.82. The van der Waals surface area contributed by atoms with E-state index in [1.165, 1.54) is 4.90 Å². The van der Waals surface area contributed by atoms with Crippen molar-refractivity contribution in [3.63, 3.8) is 0 Å². The molecular formula is C26H40N4O5. The summed E-state index contributed by atoms with van der Waals surface area (Å²) in [5.41, 5.74) is -0.284. The molecule has 2 unspecified atom stereocenters. The Balaban J connectivity index is 1.03. The number of hydrogen-bond donors (Lipinski definition) is 3. The van der Waals surface area contributed by atoms with Gasteiger partial charge in [0.1, 0.15) is 0 Å². The Hall–Kier alpha value is -2.03. The second kappa shape index (κ2) is 8.53. The fraction of sp³-hybridized carbons (Fsp3) is 0.885. The van der Waals surface area contributed by atoms with Crippen LogP contribution in [0, 0.1) is 28.6 Å². The lowest BCUT2D eigenvalue weighted by Gasteiger charge is -2.58. The fourth-order valence-electron chi connectivity index (χ4n) is 8.76. The minimum absolute atomic E-state index is 0.00628. The number of likely N-dealkylation sites (tertiary alicyclic amines) is 3. The highest BCUT2D eigenvalue weighted by atomic mass is 16.4. The molecule has 3 atom stereocenters. The van der Waals surface area contributed by atoms with Crippen molar-refractivity contribution in [2.24, 2.45) is 28.6 Å². The molecule has 3 saturated heterocycles. The van der Waals surface area contributed by atoms with Crippen LogP contribution in [0.3, 0.4) is 0 Å². The molecule has 0 radical (unpaired) electrons. The molecule has 7 rings (SSSR count). The van der Waals surface area contributed by atoms with E-state index in [0.717, 1.165) is 70.8 Å². The number of carbonyl (C=O) groups is 3. The van der Waals surface area contributed by atoms with Gasteiger partial charge in [0.2, 0.25) is 5.91 Å². The Kier molecular flexibility index (Phi) is 5.69. The summed E-state index contributed by atoms with van der Waals surface area (Å²) in [5, 5.41) is 23.2. The maximum Gasteiger partial charge on any atom is 0.407 e. The first-order chi connectivity index (χ1) is 16.8. The van der Waals surface area contributed by atoms with Crippen LogP contribution in [-0.4, -0.2) is 94.4 Å². The SMILES string of the molecule is O=C(O)N1CCC2(CCN(C(=O)N3CCC[C@H](NC(=O)C45CC6CC(C4)C(O)C(C6)C5)C3)CC2)C1. The van der Waals surface area contributed by atoms with Gasteiger partial charge < -0.3 is 30.2 Å². The van der Waals surface area contributed by atoms with Crippen LogP contribution in [0.25, 0.3) is 0 Å². The topological polar surface area (TPSA) is 113 Å². The van der Waals surface area contributed by atoms with E-state index in [1.807, 2.05) is 9.80 Å². The van der Waals surface area contributed by atoms with Gasteiger partial charge in [-0.2, -0.15) is 0 Å². The van der Waals surface area contributed by atoms with Crippen molar-refractivity contribution in [1.29, 1.82) is 0 Å². The van der Waals surface area contributed by atoms with E-state index < -0.39 is 6.09 Å². The lowest BCUT2D eigenvalue weighted by molar-refractivity contribution is -0.163. The maximum atomic E-state index is 13.5. The Morgan fingerprint density at radius 2 is 1.51 bits per heavy atom. The summed E-state index contributed by atoms with van der Waals surface area (Å²) in [7, 11) is 0. The normalized spacial score (nSPS) is 39.8. The Bertz CT molecular complexity index is 871. The summed E-state index contributed by atoms with van der Waals surface area (Å²) in [5.74, 6) is 1.30. The van der Waals surface area contributed by atoms with E-state index in [2.05, 4.69) is 5.32 Å². The highest BCUT2D eigenvalue weighted by Gasteiger charge is 2.58. The molecular weight excluding hydrogens is 448 g/mol. The van der Waals surface area contributed by atoms with Crippen molar-refractivity contribution < 1.29 is 24.6 Å². The number of carboxylic acid groups (broad SMARTS) is 1. The van der Waals surface area contributed by atoms with Gasteiger partial charge in [-0.25, -0.2) is 9.59 Å². The lowest BCUT2D eigenvalue weighted by atomic mass is 9.48. The quantitative estimate of drug-likeness (QED) is 0.552. The number of aliphatic hydroxyl groups is 1. The number of carbonyl (C=O) groups excluding carboxylic acids is 2. The van der Waals surface area contributed by atoms with E-state index in [1.54, 1.807) is 0 Å². The third-order valence-corrected chi connectivity index (χ3v) is 10.5. The Morgan fingerprint density at radius 1 is 0.857 bits per heavy atom. The molecule has 4 bridgehead atoms. The number of nitrogens with one attached hydrogen (secondary N) is 1. The largest absolute Gasteiger partial charge is 0.465 e. The molecule has 194 valence electrons. The maximum absolute atomic E-state index is 13.5. The second-order valence-corrected chi connectivity index (χ2v) is 12.7. The molecule has 7 fully saturated rings. The van der Waals surface area contributed by atoms with Gasteiger partial charge in [-0.1, -0.05) is 0 Å². The molecule has 7 aliphatic rings. The van der Waals surface area contributed by atoms with Gasteiger partial charge in [0, 0.05) is 45.3 Å². The van der Waals surface area contributed by atoms with Crippen LogP contribution in [-0.2, 0) is 4.79 Å². The van der Waals surface area contributed by atoms with Crippen LogP contribution in [0.15, 0.2) is 0 Å². The summed E-state index contributed by atoms with van der Waals surface area (Å²) in [6, 6.07) is 0.0537. The first-order valence-electron chi connectivity index (χ1n) is 13.8. The van der Waals surface area contributed by atoms with E-state index in [4.69, 9.17) is 0 Å². The Labute approximate surface area is 207 Å². The van der Waals surface area contributed by atoms with E-state index in [-0.39, 0.29) is 46.7 Å². The molecule has 0 aromatic carbocycles. The monoisotopic (exact) mass is 488 g/mol. The van der Waals surface area contributed by atoms with Crippen molar-refractivity contribution >= 4 is 18.0 Å². The number of amides is 4. The molecule has 9 nitrogen and oxygen atoms in total. The summed E-state index contributed by atoms with van der Waals surface area (Å²) < 4.78 is 0. The number of urea groups is 1. The first-order valence-corrected chi connectivity index (χ1v) is 13.8. The number of nitrogens with zero attached hydrogens (tertiary/aromatic N) is 3. The van der Waals surface area contributed by atoms with Gasteiger partial charge in [-0.05, 0) is 87.4 Å². The zero-order valence-electron chi connectivity index (χ0n) is 20.7.